The first kappa shape index (κ1) is 16.9. The summed E-state index contributed by atoms with van der Waals surface area (Å²) in [7, 11) is 0.500. The smallest absolute Gasteiger partial charge is 0.228 e. The lowest BCUT2D eigenvalue weighted by Gasteiger charge is -2.04. The number of benzene rings is 1. The Bertz CT molecular complexity index is 272. The predicted octanol–water partition coefficient (Wildman–Crippen LogP) is 5.09. The first-order chi connectivity index (χ1) is 8.86. The molecule has 0 aliphatic carbocycles. The molecule has 0 amide bonds. The Balaban J connectivity index is 0.00000137. The van der Waals surface area contributed by atoms with Crippen molar-refractivity contribution >= 4 is 0 Å². The summed E-state index contributed by atoms with van der Waals surface area (Å²) in [6.45, 7) is 1.47. The Morgan fingerprint density at radius 2 is 1.56 bits per heavy atom. The van der Waals surface area contributed by atoms with Crippen LogP contribution in [0.5, 0.6) is 5.75 Å². The second-order valence-electron chi connectivity index (χ2n) is 4.06. The van der Waals surface area contributed by atoms with Crippen LogP contribution in [0, 0.1) is 0 Å². The summed E-state index contributed by atoms with van der Waals surface area (Å²) in [6.07, 6.45) is 7.61. The first-order valence-electron chi connectivity index (χ1n) is 6.52. The molecule has 3 heteroatoms. The molecule has 0 unspecified atom stereocenters. The van der Waals surface area contributed by atoms with Gasteiger partial charge in [-0.1, -0.05) is 44.7 Å². The number of unbranched alkanes of at least 4 members (excludes halogenated alkanes) is 4. The van der Waals surface area contributed by atoms with Gasteiger partial charge in [0.25, 0.3) is 0 Å². The van der Waals surface area contributed by atoms with Gasteiger partial charge >= 0.3 is 0 Å². The lowest BCUT2D eigenvalue weighted by atomic mass is 10.1. The highest BCUT2D eigenvalue weighted by atomic mass is 19.1. The van der Waals surface area contributed by atoms with Crippen LogP contribution < -0.4 is 4.74 Å². The van der Waals surface area contributed by atoms with Crippen molar-refractivity contribution in [1.29, 1.82) is 0 Å². The van der Waals surface area contributed by atoms with Crippen molar-refractivity contribution in [2.24, 2.45) is 0 Å². The highest BCUT2D eigenvalue weighted by molar-refractivity contribution is 5.27. The van der Waals surface area contributed by atoms with E-state index >= 15 is 0 Å². The topological polar surface area (TPSA) is 9.23 Å². The average molecular weight is 258 g/mol. The maximum absolute atomic E-state index is 11.9. The lowest BCUT2D eigenvalue weighted by Crippen LogP contribution is -1.91. The van der Waals surface area contributed by atoms with E-state index in [1.54, 1.807) is 0 Å². The summed E-state index contributed by atoms with van der Waals surface area (Å²) in [6, 6.07) is 7.71. The van der Waals surface area contributed by atoms with E-state index in [2.05, 4.69) is 6.92 Å². The summed E-state index contributed by atoms with van der Waals surface area (Å²) in [4.78, 5) is 0. The Hall–Kier alpha value is -1.12. The first-order valence-corrected chi connectivity index (χ1v) is 6.52. The predicted molar refractivity (Wildman–Crippen MR) is 72.5 cm³/mol. The molecule has 1 aromatic rings. The zero-order chi connectivity index (χ0) is 13.6. The second-order valence-corrected chi connectivity index (χ2v) is 4.06. The second kappa shape index (κ2) is 12.3. The molecule has 0 aliphatic heterocycles. The molecule has 18 heavy (non-hydrogen) atoms. The monoisotopic (exact) mass is 258 g/mol. The molecule has 1 rings (SSSR count). The van der Waals surface area contributed by atoms with Crippen LogP contribution in [0.25, 0.3) is 0 Å². The van der Waals surface area contributed by atoms with Crippen molar-refractivity contribution in [2.45, 2.75) is 45.4 Å². The summed E-state index contributed by atoms with van der Waals surface area (Å²) < 4.78 is 26.1. The number of hydrogen-bond donors (Lipinski definition) is 0. The van der Waals surface area contributed by atoms with Gasteiger partial charge in [-0.3, -0.25) is 4.39 Å². The van der Waals surface area contributed by atoms with Crippen LogP contribution in [0.3, 0.4) is 0 Å². The van der Waals surface area contributed by atoms with E-state index in [1.165, 1.54) is 37.7 Å². The highest BCUT2D eigenvalue weighted by Gasteiger charge is 1.96. The summed E-state index contributed by atoms with van der Waals surface area (Å²) in [5, 5.41) is 0. The average Bonchev–Trinajstić information content (AvgIpc) is 2.43. The summed E-state index contributed by atoms with van der Waals surface area (Å²) in [5.74, 6) is 0.609. The van der Waals surface area contributed by atoms with E-state index in [1.807, 2.05) is 24.3 Å². The SMILES string of the molecule is CCCCCCCc1ccc(OCF)cc1.CF. The van der Waals surface area contributed by atoms with Crippen molar-refractivity contribution in [2.75, 3.05) is 14.0 Å². The molecule has 0 N–H and O–H groups in total. The van der Waals surface area contributed by atoms with Gasteiger partial charge < -0.3 is 4.74 Å². The number of rotatable bonds is 8. The summed E-state index contributed by atoms with van der Waals surface area (Å²) in [5.41, 5.74) is 1.31. The Labute approximate surface area is 109 Å². The molecule has 0 spiro atoms. The van der Waals surface area contributed by atoms with E-state index in [9.17, 15) is 8.78 Å². The molecule has 0 saturated heterocycles. The minimum absolute atomic E-state index is 0.500. The van der Waals surface area contributed by atoms with Gasteiger partial charge in [0.05, 0.1) is 7.18 Å². The molecule has 0 fully saturated rings. The maximum atomic E-state index is 11.9. The van der Waals surface area contributed by atoms with Crippen LogP contribution in [-0.4, -0.2) is 14.0 Å². The molecule has 0 bridgehead atoms. The third kappa shape index (κ3) is 8.04. The summed E-state index contributed by atoms with van der Waals surface area (Å²) >= 11 is 0. The molecule has 0 saturated carbocycles. The van der Waals surface area contributed by atoms with Gasteiger partial charge in [-0.05, 0) is 30.5 Å². The van der Waals surface area contributed by atoms with Crippen molar-refractivity contribution in [3.05, 3.63) is 29.8 Å². The van der Waals surface area contributed by atoms with Crippen LogP contribution >= 0.6 is 0 Å². The molecule has 0 atom stereocenters. The number of ether oxygens (including phenoxy) is 1. The molecule has 0 aliphatic rings. The standard InChI is InChI=1S/C14H21FO.CH3F/c1-2-3-4-5-6-7-13-8-10-14(11-9-13)16-12-15;1-2/h8-11H,2-7,12H2,1H3;1H3. The number of aryl methyl sites for hydroxylation is 1. The third-order valence-electron chi connectivity index (χ3n) is 2.71. The van der Waals surface area contributed by atoms with Gasteiger partial charge in [0.15, 0.2) is 0 Å². The van der Waals surface area contributed by atoms with Gasteiger partial charge in [-0.2, -0.15) is 0 Å². The van der Waals surface area contributed by atoms with Crippen molar-refractivity contribution in [1.82, 2.24) is 0 Å². The van der Waals surface area contributed by atoms with Crippen LogP contribution in [-0.2, 0) is 6.42 Å². The fourth-order valence-corrected chi connectivity index (χ4v) is 1.75. The minimum Gasteiger partial charge on any atom is -0.463 e. The minimum atomic E-state index is -0.754. The van der Waals surface area contributed by atoms with Gasteiger partial charge in [-0.15, -0.1) is 0 Å². The maximum Gasteiger partial charge on any atom is 0.228 e. The number of alkyl halides is 2. The zero-order valence-corrected chi connectivity index (χ0v) is 11.4. The van der Waals surface area contributed by atoms with E-state index in [0.29, 0.717) is 12.9 Å². The fourth-order valence-electron chi connectivity index (χ4n) is 1.75. The van der Waals surface area contributed by atoms with Gasteiger partial charge in [-0.25, -0.2) is 4.39 Å². The highest BCUT2D eigenvalue weighted by Crippen LogP contribution is 2.14. The Kier molecular flexibility index (Phi) is 11.6. The fraction of sp³-hybridized carbons (Fsp3) is 0.600. The van der Waals surface area contributed by atoms with E-state index < -0.39 is 6.86 Å². The molecule has 1 aromatic carbocycles. The Morgan fingerprint density at radius 3 is 2.11 bits per heavy atom. The van der Waals surface area contributed by atoms with Crippen LogP contribution in [0.1, 0.15) is 44.6 Å². The zero-order valence-electron chi connectivity index (χ0n) is 11.4. The van der Waals surface area contributed by atoms with Crippen LogP contribution in [0.4, 0.5) is 8.78 Å². The quantitative estimate of drug-likeness (QED) is 0.590. The molecule has 0 heterocycles. The molecule has 1 nitrogen and oxygen atoms in total. The molecule has 0 radical (unpaired) electrons. The van der Waals surface area contributed by atoms with E-state index in [-0.39, 0.29) is 0 Å². The Morgan fingerprint density at radius 1 is 0.944 bits per heavy atom. The molecule has 104 valence electrons. The number of hydrogen-bond acceptors (Lipinski definition) is 1. The van der Waals surface area contributed by atoms with Crippen molar-refractivity contribution < 1.29 is 13.5 Å². The van der Waals surface area contributed by atoms with E-state index in [0.717, 1.165) is 6.42 Å². The van der Waals surface area contributed by atoms with Crippen molar-refractivity contribution in [3.8, 4) is 5.75 Å². The molecular weight excluding hydrogens is 234 g/mol. The largest absolute Gasteiger partial charge is 0.463 e. The normalized spacial score (nSPS) is 9.56. The van der Waals surface area contributed by atoms with Gasteiger partial charge in [0.2, 0.25) is 6.86 Å². The van der Waals surface area contributed by atoms with Crippen LogP contribution in [0.2, 0.25) is 0 Å². The lowest BCUT2D eigenvalue weighted by molar-refractivity contribution is 0.191. The molecular formula is C15H24F2O. The van der Waals surface area contributed by atoms with Gasteiger partial charge in [0, 0.05) is 0 Å². The van der Waals surface area contributed by atoms with E-state index in [4.69, 9.17) is 4.74 Å². The van der Waals surface area contributed by atoms with Crippen LogP contribution in [0.15, 0.2) is 24.3 Å². The van der Waals surface area contributed by atoms with Crippen molar-refractivity contribution in [3.63, 3.8) is 0 Å². The number of halogens is 2. The molecule has 0 aromatic heterocycles. The third-order valence-corrected chi connectivity index (χ3v) is 2.71. The van der Waals surface area contributed by atoms with Gasteiger partial charge in [0.1, 0.15) is 5.75 Å².